The van der Waals surface area contributed by atoms with Crippen molar-refractivity contribution < 1.29 is 9.53 Å². The number of anilines is 1. The fraction of sp³-hybridized carbons (Fsp3) is 0.533. The van der Waals surface area contributed by atoms with Gasteiger partial charge >= 0.3 is 6.09 Å². The van der Waals surface area contributed by atoms with Crippen molar-refractivity contribution in [2.75, 3.05) is 5.32 Å². The van der Waals surface area contributed by atoms with Crippen LogP contribution in [0.25, 0.3) is 0 Å². The molecule has 4 nitrogen and oxygen atoms in total. The molecule has 1 amide bonds. The molecule has 0 aliphatic carbocycles. The number of aryl methyl sites for hydroxylation is 1. The van der Waals surface area contributed by atoms with E-state index >= 15 is 0 Å². The van der Waals surface area contributed by atoms with E-state index in [4.69, 9.17) is 22.1 Å². The summed E-state index contributed by atoms with van der Waals surface area (Å²) in [5, 5.41) is 3.16. The second kappa shape index (κ2) is 6.95. The number of hydrogen-bond donors (Lipinski definition) is 2. The highest BCUT2D eigenvalue weighted by Gasteiger charge is 2.17. The summed E-state index contributed by atoms with van der Waals surface area (Å²) >= 11 is 6.08. The van der Waals surface area contributed by atoms with Gasteiger partial charge < -0.3 is 10.5 Å². The molecule has 0 aromatic heterocycles. The van der Waals surface area contributed by atoms with Crippen molar-refractivity contribution in [1.29, 1.82) is 0 Å². The first-order valence-corrected chi connectivity index (χ1v) is 7.09. The second-order valence-corrected chi connectivity index (χ2v) is 6.36. The molecule has 0 radical (unpaired) electrons. The standard InChI is InChI=1S/C15H23ClN2O2/c1-10(17)5-6-11-7-8-12(16)13(9-11)18-14(19)20-15(2,3)4/h7-10H,5-6,17H2,1-4H3,(H,18,19). The summed E-state index contributed by atoms with van der Waals surface area (Å²) in [6, 6.07) is 5.71. The van der Waals surface area contributed by atoms with Crippen LogP contribution in [0.4, 0.5) is 10.5 Å². The van der Waals surface area contributed by atoms with Gasteiger partial charge in [-0.25, -0.2) is 4.79 Å². The number of nitrogens with one attached hydrogen (secondary N) is 1. The zero-order chi connectivity index (χ0) is 15.3. The van der Waals surface area contributed by atoms with Crippen LogP contribution < -0.4 is 11.1 Å². The molecule has 0 heterocycles. The Kier molecular flexibility index (Phi) is 5.84. The lowest BCUT2D eigenvalue weighted by atomic mass is 10.1. The Labute approximate surface area is 125 Å². The maximum Gasteiger partial charge on any atom is 0.412 e. The highest BCUT2D eigenvalue weighted by molar-refractivity contribution is 6.33. The van der Waals surface area contributed by atoms with Crippen LogP contribution in [0.1, 0.15) is 39.7 Å². The first kappa shape index (κ1) is 16.8. The van der Waals surface area contributed by atoms with E-state index in [2.05, 4.69) is 5.32 Å². The Morgan fingerprint density at radius 2 is 2.10 bits per heavy atom. The maximum absolute atomic E-state index is 11.7. The van der Waals surface area contributed by atoms with Gasteiger partial charge in [-0.2, -0.15) is 0 Å². The average molecular weight is 299 g/mol. The van der Waals surface area contributed by atoms with Crippen LogP contribution in [0.5, 0.6) is 0 Å². The monoisotopic (exact) mass is 298 g/mol. The molecule has 3 N–H and O–H groups in total. The molecule has 0 spiro atoms. The lowest BCUT2D eigenvalue weighted by Crippen LogP contribution is -2.27. The predicted octanol–water partition coefficient (Wildman–Crippen LogP) is 3.97. The molecule has 20 heavy (non-hydrogen) atoms. The number of carbonyl (C=O) groups is 1. The smallest absolute Gasteiger partial charge is 0.412 e. The van der Waals surface area contributed by atoms with Crippen LogP contribution >= 0.6 is 11.6 Å². The fourth-order valence-electron chi connectivity index (χ4n) is 1.63. The van der Waals surface area contributed by atoms with E-state index in [-0.39, 0.29) is 6.04 Å². The van der Waals surface area contributed by atoms with Gasteiger partial charge in [0, 0.05) is 6.04 Å². The Morgan fingerprint density at radius 3 is 2.65 bits per heavy atom. The summed E-state index contributed by atoms with van der Waals surface area (Å²) in [5.74, 6) is 0. The molecular formula is C15H23ClN2O2. The quantitative estimate of drug-likeness (QED) is 0.884. The zero-order valence-electron chi connectivity index (χ0n) is 12.5. The van der Waals surface area contributed by atoms with Crippen LogP contribution in [-0.4, -0.2) is 17.7 Å². The molecule has 1 unspecified atom stereocenters. The lowest BCUT2D eigenvalue weighted by Gasteiger charge is -2.20. The van der Waals surface area contributed by atoms with E-state index in [0.717, 1.165) is 18.4 Å². The van der Waals surface area contributed by atoms with Gasteiger partial charge in [-0.05, 0) is 58.2 Å². The molecule has 1 aromatic rings. The highest BCUT2D eigenvalue weighted by Crippen LogP contribution is 2.24. The van der Waals surface area contributed by atoms with Gasteiger partial charge in [0.2, 0.25) is 0 Å². The Morgan fingerprint density at radius 1 is 1.45 bits per heavy atom. The Balaban J connectivity index is 2.73. The van der Waals surface area contributed by atoms with Crippen molar-refractivity contribution in [2.45, 2.75) is 52.2 Å². The molecule has 0 bridgehead atoms. The van der Waals surface area contributed by atoms with E-state index in [0.29, 0.717) is 10.7 Å². The molecule has 1 rings (SSSR count). The Hall–Kier alpha value is -1.26. The molecule has 0 fully saturated rings. The lowest BCUT2D eigenvalue weighted by molar-refractivity contribution is 0.0636. The Bertz CT molecular complexity index is 467. The molecule has 1 atom stereocenters. The van der Waals surface area contributed by atoms with Crippen molar-refractivity contribution >= 4 is 23.4 Å². The summed E-state index contributed by atoms with van der Waals surface area (Å²) in [6.07, 6.45) is 1.22. The summed E-state index contributed by atoms with van der Waals surface area (Å²) in [6.45, 7) is 7.41. The largest absolute Gasteiger partial charge is 0.444 e. The van der Waals surface area contributed by atoms with Gasteiger partial charge in [0.05, 0.1) is 10.7 Å². The molecule has 1 aromatic carbocycles. The molecular weight excluding hydrogens is 276 g/mol. The van der Waals surface area contributed by atoms with E-state index in [1.807, 2.05) is 39.8 Å². The molecule has 0 saturated carbocycles. The van der Waals surface area contributed by atoms with Crippen LogP contribution in [0.3, 0.4) is 0 Å². The minimum atomic E-state index is -0.539. The van der Waals surface area contributed by atoms with Gasteiger partial charge in [-0.15, -0.1) is 0 Å². The number of halogens is 1. The van der Waals surface area contributed by atoms with E-state index in [1.165, 1.54) is 0 Å². The third-order valence-corrected chi connectivity index (χ3v) is 2.88. The van der Waals surface area contributed by atoms with Gasteiger partial charge in [0.15, 0.2) is 0 Å². The molecule has 0 aliphatic heterocycles. The second-order valence-electron chi connectivity index (χ2n) is 5.96. The minimum absolute atomic E-state index is 0.146. The van der Waals surface area contributed by atoms with Crippen molar-refractivity contribution in [3.05, 3.63) is 28.8 Å². The van der Waals surface area contributed by atoms with Gasteiger partial charge in [-0.1, -0.05) is 17.7 Å². The van der Waals surface area contributed by atoms with E-state index in [1.54, 1.807) is 6.07 Å². The molecule has 0 aliphatic rings. The first-order chi connectivity index (χ1) is 9.17. The topological polar surface area (TPSA) is 64.3 Å². The number of ether oxygens (including phenoxy) is 1. The van der Waals surface area contributed by atoms with Crippen LogP contribution in [0.2, 0.25) is 5.02 Å². The van der Waals surface area contributed by atoms with Crippen LogP contribution in [-0.2, 0) is 11.2 Å². The number of hydrogen-bond acceptors (Lipinski definition) is 3. The predicted molar refractivity (Wildman–Crippen MR) is 83.3 cm³/mol. The number of rotatable bonds is 4. The van der Waals surface area contributed by atoms with Gasteiger partial charge in [0.1, 0.15) is 5.60 Å². The molecule has 0 saturated heterocycles. The molecule has 112 valence electrons. The number of nitrogens with two attached hydrogens (primary N) is 1. The van der Waals surface area contributed by atoms with Crippen molar-refractivity contribution in [1.82, 2.24) is 0 Å². The fourth-order valence-corrected chi connectivity index (χ4v) is 1.80. The maximum atomic E-state index is 11.7. The third-order valence-electron chi connectivity index (χ3n) is 2.55. The molecule has 5 heteroatoms. The number of benzene rings is 1. The average Bonchev–Trinajstić information content (AvgIpc) is 2.27. The summed E-state index contributed by atoms with van der Waals surface area (Å²) < 4.78 is 5.21. The zero-order valence-corrected chi connectivity index (χ0v) is 13.3. The minimum Gasteiger partial charge on any atom is -0.444 e. The number of amides is 1. The van der Waals surface area contributed by atoms with Crippen LogP contribution in [0, 0.1) is 0 Å². The van der Waals surface area contributed by atoms with E-state index in [9.17, 15) is 4.79 Å². The van der Waals surface area contributed by atoms with Crippen molar-refractivity contribution in [3.63, 3.8) is 0 Å². The third kappa shape index (κ3) is 6.26. The van der Waals surface area contributed by atoms with Crippen molar-refractivity contribution in [2.24, 2.45) is 5.73 Å². The SMILES string of the molecule is CC(N)CCc1ccc(Cl)c(NC(=O)OC(C)(C)C)c1. The van der Waals surface area contributed by atoms with Gasteiger partial charge in [-0.3, -0.25) is 5.32 Å². The van der Waals surface area contributed by atoms with E-state index < -0.39 is 11.7 Å². The summed E-state index contributed by atoms with van der Waals surface area (Å²) in [4.78, 5) is 11.7. The summed E-state index contributed by atoms with van der Waals surface area (Å²) in [5.41, 5.74) is 6.84. The summed E-state index contributed by atoms with van der Waals surface area (Å²) in [7, 11) is 0. The normalized spacial score (nSPS) is 12.9. The first-order valence-electron chi connectivity index (χ1n) is 6.71. The number of carbonyl (C=O) groups excluding carboxylic acids is 1. The van der Waals surface area contributed by atoms with Crippen molar-refractivity contribution in [3.8, 4) is 0 Å². The van der Waals surface area contributed by atoms with Crippen LogP contribution in [0.15, 0.2) is 18.2 Å². The highest BCUT2D eigenvalue weighted by atomic mass is 35.5. The van der Waals surface area contributed by atoms with Gasteiger partial charge in [0.25, 0.3) is 0 Å².